The number of nitriles is 1. The van der Waals surface area contributed by atoms with Crippen LogP contribution >= 0.6 is 11.3 Å². The van der Waals surface area contributed by atoms with Crippen molar-refractivity contribution in [2.45, 2.75) is 38.2 Å². The number of aromatic nitrogens is 1. The number of carbonyl (C=O) groups is 2. The molecule has 4 aromatic rings. The average molecular weight is 472 g/mol. The van der Waals surface area contributed by atoms with E-state index in [-0.39, 0.29) is 5.56 Å². The van der Waals surface area contributed by atoms with Crippen LogP contribution in [0.25, 0.3) is 11.1 Å². The van der Waals surface area contributed by atoms with Gasteiger partial charge in [-0.15, -0.1) is 11.3 Å². The lowest BCUT2D eigenvalue weighted by Crippen LogP contribution is -2.30. The van der Waals surface area contributed by atoms with Crippen LogP contribution in [0.4, 0.5) is 5.00 Å². The third-order valence-corrected chi connectivity index (χ3v) is 7.29. The molecule has 1 amide bonds. The molecule has 0 fully saturated rings. The highest BCUT2D eigenvalue weighted by molar-refractivity contribution is 7.16. The molecule has 2 atom stereocenters. The number of fused-ring (bicyclic) bond motifs is 2. The minimum atomic E-state index is -1.06. The molecule has 0 saturated heterocycles. The molecule has 34 heavy (non-hydrogen) atoms. The highest BCUT2D eigenvalue weighted by atomic mass is 32.1. The number of thiophene rings is 1. The maximum atomic E-state index is 12.8. The van der Waals surface area contributed by atoms with E-state index >= 15 is 0 Å². The van der Waals surface area contributed by atoms with Crippen molar-refractivity contribution < 1.29 is 18.7 Å². The second kappa shape index (κ2) is 9.12. The summed E-state index contributed by atoms with van der Waals surface area (Å²) < 4.78 is 10.6. The fraction of sp³-hybridized carbons (Fsp3) is 0.231. The Morgan fingerprint density at radius 2 is 2.06 bits per heavy atom. The van der Waals surface area contributed by atoms with Crippen molar-refractivity contribution in [1.82, 2.24) is 4.98 Å². The molecule has 2 aromatic heterocycles. The second-order valence-electron chi connectivity index (χ2n) is 8.21. The molecular weight excluding hydrogens is 450 g/mol. The van der Waals surface area contributed by atoms with E-state index in [4.69, 9.17) is 9.15 Å². The number of anilines is 1. The number of para-hydroxylation sites is 1. The first-order valence-electron chi connectivity index (χ1n) is 11.0. The molecule has 1 aliphatic rings. The molecule has 0 saturated carbocycles. The normalized spacial score (nSPS) is 15.8. The molecule has 0 radical (unpaired) electrons. The van der Waals surface area contributed by atoms with Crippen LogP contribution in [0, 0.1) is 11.3 Å². The average Bonchev–Trinajstić information content (AvgIpc) is 3.47. The number of hydrogen-bond donors (Lipinski definition) is 1. The molecule has 2 heterocycles. The Hall–Kier alpha value is -3.96. The van der Waals surface area contributed by atoms with Crippen molar-refractivity contribution in [3.8, 4) is 6.07 Å². The van der Waals surface area contributed by atoms with Gasteiger partial charge in [0, 0.05) is 4.88 Å². The number of hydrogen-bond acceptors (Lipinski definition) is 7. The van der Waals surface area contributed by atoms with E-state index in [9.17, 15) is 14.9 Å². The Balaban J connectivity index is 1.30. The number of oxazole rings is 1. The van der Waals surface area contributed by atoms with E-state index in [2.05, 4.69) is 28.5 Å². The lowest BCUT2D eigenvalue weighted by molar-refractivity contribution is -0.123. The fourth-order valence-electron chi connectivity index (χ4n) is 4.34. The van der Waals surface area contributed by atoms with Crippen molar-refractivity contribution in [3.63, 3.8) is 0 Å². The minimum Gasteiger partial charge on any atom is -0.449 e. The van der Waals surface area contributed by atoms with Crippen LogP contribution in [0.3, 0.4) is 0 Å². The summed E-state index contributed by atoms with van der Waals surface area (Å²) in [5.41, 5.74) is 3.87. The van der Waals surface area contributed by atoms with E-state index in [0.717, 1.165) is 29.7 Å². The van der Waals surface area contributed by atoms with Gasteiger partial charge < -0.3 is 14.5 Å². The maximum Gasteiger partial charge on any atom is 0.341 e. The Labute approximate surface area is 200 Å². The number of amides is 1. The monoisotopic (exact) mass is 471 g/mol. The van der Waals surface area contributed by atoms with Crippen molar-refractivity contribution >= 4 is 39.3 Å². The Morgan fingerprint density at radius 3 is 2.85 bits per heavy atom. The molecule has 2 unspecified atom stereocenters. The number of nitrogens with zero attached hydrogens (tertiary/aromatic N) is 2. The van der Waals surface area contributed by atoms with Gasteiger partial charge in [-0.1, -0.05) is 36.4 Å². The van der Waals surface area contributed by atoms with E-state index in [0.29, 0.717) is 27.6 Å². The molecule has 1 aliphatic carbocycles. The van der Waals surface area contributed by atoms with E-state index in [1.165, 1.54) is 30.2 Å². The molecule has 170 valence electrons. The summed E-state index contributed by atoms with van der Waals surface area (Å²) in [6, 6.07) is 17.5. The zero-order chi connectivity index (χ0) is 23.7. The van der Waals surface area contributed by atoms with Crippen LogP contribution in [0.15, 0.2) is 59.3 Å². The maximum absolute atomic E-state index is 12.8. The third kappa shape index (κ3) is 4.06. The number of benzene rings is 2. The number of nitrogens with one attached hydrogen (secondary N) is 1. The van der Waals surface area contributed by atoms with Crippen LogP contribution < -0.4 is 5.32 Å². The second-order valence-corrected chi connectivity index (χ2v) is 9.32. The Morgan fingerprint density at radius 1 is 1.24 bits per heavy atom. The number of carbonyl (C=O) groups excluding carboxylic acids is 2. The van der Waals surface area contributed by atoms with Gasteiger partial charge in [0.25, 0.3) is 5.91 Å². The van der Waals surface area contributed by atoms with Crippen LogP contribution in [0.5, 0.6) is 0 Å². The molecule has 7 nitrogen and oxygen atoms in total. The largest absolute Gasteiger partial charge is 0.449 e. The van der Waals surface area contributed by atoms with Gasteiger partial charge in [0.15, 0.2) is 18.1 Å². The molecule has 5 rings (SSSR count). The quantitative estimate of drug-likeness (QED) is 0.400. The summed E-state index contributed by atoms with van der Waals surface area (Å²) in [4.78, 5) is 30.6. The van der Waals surface area contributed by atoms with Gasteiger partial charge in [-0.05, 0) is 55.4 Å². The highest BCUT2D eigenvalue weighted by Gasteiger charge is 2.29. The summed E-state index contributed by atoms with van der Waals surface area (Å²) in [6.07, 6.45) is 2.77. The fourth-order valence-corrected chi connectivity index (χ4v) is 5.62. The molecular formula is C26H21N3O4S. The Bertz CT molecular complexity index is 1420. The lowest BCUT2D eigenvalue weighted by atomic mass is 9.83. The highest BCUT2D eigenvalue weighted by Crippen LogP contribution is 2.42. The van der Waals surface area contributed by atoms with Crippen LogP contribution in [0.1, 0.15) is 51.2 Å². The van der Waals surface area contributed by atoms with Crippen LogP contribution in [-0.2, 0) is 22.4 Å². The van der Waals surface area contributed by atoms with Gasteiger partial charge in [-0.2, -0.15) is 5.26 Å². The molecule has 8 heteroatoms. The summed E-state index contributed by atoms with van der Waals surface area (Å²) in [7, 11) is 0. The number of esters is 1. The van der Waals surface area contributed by atoms with Crippen molar-refractivity contribution in [3.05, 3.63) is 82.1 Å². The van der Waals surface area contributed by atoms with Crippen molar-refractivity contribution in [2.24, 2.45) is 0 Å². The summed E-state index contributed by atoms with van der Waals surface area (Å²) in [5, 5.41) is 13.1. The number of ether oxygens (including phenoxy) is 1. The van der Waals surface area contributed by atoms with Gasteiger partial charge in [0.2, 0.25) is 0 Å². The molecule has 2 aromatic carbocycles. The van der Waals surface area contributed by atoms with Gasteiger partial charge >= 0.3 is 5.97 Å². The van der Waals surface area contributed by atoms with Crippen molar-refractivity contribution in [2.75, 3.05) is 5.32 Å². The summed E-state index contributed by atoms with van der Waals surface area (Å²) >= 11 is 1.43. The lowest BCUT2D eigenvalue weighted by Gasteiger charge is -2.22. The van der Waals surface area contributed by atoms with Crippen LogP contribution in [0.2, 0.25) is 0 Å². The van der Waals surface area contributed by atoms with E-state index in [1.807, 2.05) is 18.2 Å². The first-order valence-corrected chi connectivity index (χ1v) is 11.8. The van der Waals surface area contributed by atoms with E-state index < -0.39 is 18.0 Å². The van der Waals surface area contributed by atoms with Crippen LogP contribution in [-0.4, -0.2) is 23.0 Å². The zero-order valence-electron chi connectivity index (χ0n) is 18.4. The minimum absolute atomic E-state index is 0.224. The third-order valence-electron chi connectivity index (χ3n) is 6.12. The van der Waals surface area contributed by atoms with Gasteiger partial charge in [0.1, 0.15) is 16.6 Å². The molecule has 0 spiro atoms. The first kappa shape index (κ1) is 21.9. The topological polar surface area (TPSA) is 105 Å². The van der Waals surface area contributed by atoms with Gasteiger partial charge in [0.05, 0.1) is 11.1 Å². The SMILES string of the molecule is CC(OC(=O)c1cccc2ocnc12)C(=O)Nc1sc2c(c1C#N)CCC(c1ccccc1)C2. The molecule has 1 N–H and O–H groups in total. The van der Waals surface area contributed by atoms with Gasteiger partial charge in [-0.3, -0.25) is 4.79 Å². The smallest absolute Gasteiger partial charge is 0.341 e. The summed E-state index contributed by atoms with van der Waals surface area (Å²) in [6.45, 7) is 1.50. The number of rotatable bonds is 5. The standard InChI is InChI=1S/C26H21N3O4S/c1-15(33-26(31)19-8-5-9-21-23(19)28-14-32-21)24(30)29-25-20(13-27)18-11-10-17(12-22(18)34-25)16-6-3-2-4-7-16/h2-9,14-15,17H,10-12H2,1H3,(H,29,30). The Kier molecular flexibility index (Phi) is 5.86. The van der Waals surface area contributed by atoms with Crippen molar-refractivity contribution in [1.29, 1.82) is 5.26 Å². The first-order chi connectivity index (χ1) is 16.5. The van der Waals surface area contributed by atoms with Gasteiger partial charge in [-0.25, -0.2) is 9.78 Å². The molecule has 0 bridgehead atoms. The zero-order valence-corrected chi connectivity index (χ0v) is 19.2. The van der Waals surface area contributed by atoms with E-state index in [1.54, 1.807) is 18.2 Å². The molecule has 0 aliphatic heterocycles. The summed E-state index contributed by atoms with van der Waals surface area (Å²) in [5.74, 6) is -0.768. The predicted molar refractivity (Wildman–Crippen MR) is 128 cm³/mol. The predicted octanol–water partition coefficient (Wildman–Crippen LogP) is 5.22.